The minimum Gasteiger partial charge on any atom is -0.447 e. The summed E-state index contributed by atoms with van der Waals surface area (Å²) in [5.41, 5.74) is 0.740. The zero-order chi connectivity index (χ0) is 18.9. The van der Waals surface area contributed by atoms with Crippen LogP contribution >= 0.6 is 0 Å². The van der Waals surface area contributed by atoms with E-state index in [9.17, 15) is 14.7 Å². The Morgan fingerprint density at radius 1 is 1.31 bits per heavy atom. The van der Waals surface area contributed by atoms with Crippen molar-refractivity contribution in [3.63, 3.8) is 0 Å². The molecule has 1 aromatic carbocycles. The van der Waals surface area contributed by atoms with Crippen LogP contribution < -0.4 is 0 Å². The lowest BCUT2D eigenvalue weighted by Gasteiger charge is -2.28. The third-order valence-electron chi connectivity index (χ3n) is 5.34. The number of ether oxygens (including phenoxy) is 2. The summed E-state index contributed by atoms with van der Waals surface area (Å²) in [6.07, 6.45) is -0.252. The summed E-state index contributed by atoms with van der Waals surface area (Å²) in [5, 5.41) is 10.7. The van der Waals surface area contributed by atoms with Gasteiger partial charge in [0.2, 0.25) is 5.91 Å². The summed E-state index contributed by atoms with van der Waals surface area (Å²) in [5.74, 6) is -1.19. The van der Waals surface area contributed by atoms with Crippen LogP contribution in [0.3, 0.4) is 0 Å². The predicted molar refractivity (Wildman–Crippen MR) is 95.4 cm³/mol. The number of amides is 2. The number of cyclic esters (lactones) is 1. The van der Waals surface area contributed by atoms with Crippen LogP contribution in [0.15, 0.2) is 30.3 Å². The highest BCUT2D eigenvalue weighted by Crippen LogP contribution is 2.34. The van der Waals surface area contributed by atoms with E-state index in [0.29, 0.717) is 19.4 Å². The average Bonchev–Trinajstić information content (AvgIpc) is 3.16. The third-order valence-corrected chi connectivity index (χ3v) is 5.34. The zero-order valence-electron chi connectivity index (χ0n) is 15.6. The van der Waals surface area contributed by atoms with E-state index < -0.39 is 18.1 Å². The van der Waals surface area contributed by atoms with Crippen molar-refractivity contribution in [2.24, 2.45) is 11.8 Å². The summed E-state index contributed by atoms with van der Waals surface area (Å²) in [7, 11) is 0. The summed E-state index contributed by atoms with van der Waals surface area (Å²) in [6.45, 7) is 6.22. The quantitative estimate of drug-likeness (QED) is 0.871. The Hall–Kier alpha value is -1.92. The molecule has 0 saturated carbocycles. The van der Waals surface area contributed by atoms with Crippen molar-refractivity contribution in [1.82, 2.24) is 4.90 Å². The van der Waals surface area contributed by atoms with Gasteiger partial charge >= 0.3 is 6.09 Å². The summed E-state index contributed by atoms with van der Waals surface area (Å²) in [6, 6.07) is 9.35. The molecule has 0 spiro atoms. The van der Waals surface area contributed by atoms with Gasteiger partial charge in [0.05, 0.1) is 30.3 Å². The van der Waals surface area contributed by atoms with Gasteiger partial charge in [-0.05, 0) is 32.3 Å². The van der Waals surface area contributed by atoms with Crippen LogP contribution in [0.1, 0.15) is 32.8 Å². The van der Waals surface area contributed by atoms with Gasteiger partial charge < -0.3 is 14.6 Å². The Kier molecular flexibility index (Phi) is 5.34. The molecular weight excluding hydrogens is 334 g/mol. The molecule has 4 atom stereocenters. The minimum atomic E-state index is -0.852. The molecule has 0 aliphatic carbocycles. The molecule has 142 valence electrons. The van der Waals surface area contributed by atoms with Crippen LogP contribution in [0, 0.1) is 11.8 Å². The molecule has 0 aromatic heterocycles. The standard InChI is InChI=1S/C20H27NO5/c1-13(17(22)15-10-20(2,3)26-11-15)18(23)21-16(12-25-19(21)24)9-14-7-5-4-6-8-14/h4-8,13,15-17,22H,9-12H2,1-3H3/t13-,15-,16-,17-/m1/s1. The largest absolute Gasteiger partial charge is 0.447 e. The number of nitrogens with zero attached hydrogens (tertiary/aromatic N) is 1. The second-order valence-corrected chi connectivity index (χ2v) is 7.94. The van der Waals surface area contributed by atoms with Gasteiger partial charge in [0, 0.05) is 5.92 Å². The van der Waals surface area contributed by atoms with E-state index in [1.807, 2.05) is 44.2 Å². The molecule has 3 rings (SSSR count). The topological polar surface area (TPSA) is 76.1 Å². The molecule has 0 unspecified atom stereocenters. The van der Waals surface area contributed by atoms with Gasteiger partial charge in [-0.3, -0.25) is 4.79 Å². The van der Waals surface area contributed by atoms with Gasteiger partial charge in [0.15, 0.2) is 0 Å². The van der Waals surface area contributed by atoms with Crippen LogP contribution in [0.5, 0.6) is 0 Å². The number of imide groups is 1. The summed E-state index contributed by atoms with van der Waals surface area (Å²) >= 11 is 0. The molecule has 6 heteroatoms. The number of aliphatic hydroxyl groups excluding tert-OH is 1. The number of benzene rings is 1. The number of hydrogen-bond donors (Lipinski definition) is 1. The van der Waals surface area contributed by atoms with E-state index in [1.165, 1.54) is 4.90 Å². The first-order valence-corrected chi connectivity index (χ1v) is 9.14. The number of aliphatic hydroxyl groups is 1. The maximum Gasteiger partial charge on any atom is 0.416 e. The van der Waals surface area contributed by atoms with Crippen LogP contribution in [0.2, 0.25) is 0 Å². The van der Waals surface area contributed by atoms with Crippen molar-refractivity contribution >= 4 is 12.0 Å². The van der Waals surface area contributed by atoms with Gasteiger partial charge in [-0.2, -0.15) is 0 Å². The molecule has 0 bridgehead atoms. The first-order chi connectivity index (χ1) is 12.3. The van der Waals surface area contributed by atoms with Crippen molar-refractivity contribution < 1.29 is 24.2 Å². The van der Waals surface area contributed by atoms with Crippen molar-refractivity contribution in [3.05, 3.63) is 35.9 Å². The molecule has 2 aliphatic heterocycles. The average molecular weight is 361 g/mol. The zero-order valence-corrected chi connectivity index (χ0v) is 15.6. The molecule has 2 fully saturated rings. The summed E-state index contributed by atoms with van der Waals surface area (Å²) < 4.78 is 10.8. The molecule has 0 radical (unpaired) electrons. The molecular formula is C20H27NO5. The molecule has 26 heavy (non-hydrogen) atoms. The van der Waals surface area contributed by atoms with Gasteiger partial charge in [-0.15, -0.1) is 0 Å². The number of hydrogen-bond acceptors (Lipinski definition) is 5. The smallest absolute Gasteiger partial charge is 0.416 e. The number of rotatable bonds is 5. The Balaban J connectivity index is 1.69. The number of carbonyl (C=O) groups excluding carboxylic acids is 2. The fraction of sp³-hybridized carbons (Fsp3) is 0.600. The molecule has 1 N–H and O–H groups in total. The molecule has 1 aromatic rings. The van der Waals surface area contributed by atoms with Gasteiger partial charge in [-0.1, -0.05) is 37.3 Å². The second-order valence-electron chi connectivity index (χ2n) is 7.94. The summed E-state index contributed by atoms with van der Waals surface area (Å²) in [4.78, 5) is 26.3. The lowest BCUT2D eigenvalue weighted by Crippen LogP contribution is -2.47. The normalized spacial score (nSPS) is 27.2. The van der Waals surface area contributed by atoms with E-state index in [2.05, 4.69) is 0 Å². The van der Waals surface area contributed by atoms with Gasteiger partial charge in [0.25, 0.3) is 0 Å². The Morgan fingerprint density at radius 2 is 2.00 bits per heavy atom. The fourth-order valence-electron chi connectivity index (χ4n) is 3.84. The highest BCUT2D eigenvalue weighted by molar-refractivity contribution is 5.95. The van der Waals surface area contributed by atoms with E-state index in [4.69, 9.17) is 9.47 Å². The monoisotopic (exact) mass is 361 g/mol. The van der Waals surface area contributed by atoms with Crippen LogP contribution in [-0.2, 0) is 20.7 Å². The van der Waals surface area contributed by atoms with E-state index in [-0.39, 0.29) is 30.1 Å². The highest BCUT2D eigenvalue weighted by Gasteiger charge is 2.44. The van der Waals surface area contributed by atoms with Crippen LogP contribution in [-0.4, -0.2) is 53.0 Å². The number of carbonyl (C=O) groups is 2. The molecule has 6 nitrogen and oxygen atoms in total. The molecule has 2 aliphatic rings. The van der Waals surface area contributed by atoms with Crippen LogP contribution in [0.25, 0.3) is 0 Å². The van der Waals surface area contributed by atoms with E-state index >= 15 is 0 Å². The first-order valence-electron chi connectivity index (χ1n) is 9.14. The first kappa shape index (κ1) is 18.9. The maximum absolute atomic E-state index is 12.9. The van der Waals surface area contributed by atoms with Crippen LogP contribution in [0.4, 0.5) is 4.79 Å². The second kappa shape index (κ2) is 7.37. The fourth-order valence-corrected chi connectivity index (χ4v) is 3.84. The predicted octanol–water partition coefficient (Wildman–Crippen LogP) is 2.39. The minimum absolute atomic E-state index is 0.116. The maximum atomic E-state index is 12.9. The molecule has 2 saturated heterocycles. The highest BCUT2D eigenvalue weighted by atomic mass is 16.6. The SMILES string of the molecule is C[C@@H](C(=O)N1C(=O)OC[C@H]1Cc1ccccc1)[C@@H](O)[C@H]1COC(C)(C)C1. The van der Waals surface area contributed by atoms with E-state index in [1.54, 1.807) is 6.92 Å². The van der Waals surface area contributed by atoms with Crippen molar-refractivity contribution in [3.8, 4) is 0 Å². The molecule has 2 amide bonds. The van der Waals surface area contributed by atoms with Crippen molar-refractivity contribution in [2.45, 2.75) is 51.4 Å². The molecule has 2 heterocycles. The van der Waals surface area contributed by atoms with Gasteiger partial charge in [-0.25, -0.2) is 9.69 Å². The lowest BCUT2D eigenvalue weighted by molar-refractivity contribution is -0.137. The Morgan fingerprint density at radius 3 is 2.62 bits per heavy atom. The van der Waals surface area contributed by atoms with Crippen molar-refractivity contribution in [1.29, 1.82) is 0 Å². The lowest BCUT2D eigenvalue weighted by atomic mass is 9.86. The Bertz CT molecular complexity index is 659. The third kappa shape index (κ3) is 3.91. The van der Waals surface area contributed by atoms with Gasteiger partial charge in [0.1, 0.15) is 6.61 Å². The van der Waals surface area contributed by atoms with Crippen molar-refractivity contribution in [2.75, 3.05) is 13.2 Å². The van der Waals surface area contributed by atoms with E-state index in [0.717, 1.165) is 5.56 Å². The Labute approximate surface area is 154 Å².